The van der Waals surface area contributed by atoms with Crippen LogP contribution in [0.1, 0.15) is 77.6 Å². The van der Waals surface area contributed by atoms with Gasteiger partial charge in [0.2, 0.25) is 0 Å². The maximum atomic E-state index is 11.5. The van der Waals surface area contributed by atoms with Crippen LogP contribution in [0.25, 0.3) is 0 Å². The van der Waals surface area contributed by atoms with Gasteiger partial charge >= 0.3 is 5.97 Å². The lowest BCUT2D eigenvalue weighted by atomic mass is 10.1. The monoisotopic (exact) mass is 294 g/mol. The van der Waals surface area contributed by atoms with E-state index in [2.05, 4.69) is 13.0 Å². The fraction of sp³-hybridized carbons (Fsp3) is 0.667. The van der Waals surface area contributed by atoms with E-state index in [1.807, 2.05) is 12.2 Å². The first-order chi connectivity index (χ1) is 10.2. The second-order valence-electron chi connectivity index (χ2n) is 5.39. The molecular weight excluding hydrogens is 264 g/mol. The van der Waals surface area contributed by atoms with Crippen molar-refractivity contribution in [3.8, 4) is 0 Å². The molecule has 0 rings (SSSR count). The normalized spacial score (nSPS) is 11.5. The third-order valence-corrected chi connectivity index (χ3v) is 3.28. The predicted octanol–water partition coefficient (Wildman–Crippen LogP) is 5.06. The molecule has 1 N–H and O–H groups in total. The van der Waals surface area contributed by atoms with E-state index in [-0.39, 0.29) is 12.2 Å². The number of hydrogen-bond acceptors (Lipinski definition) is 2. The Kier molecular flexibility index (Phi) is 14.0. The highest BCUT2D eigenvalue weighted by molar-refractivity contribution is 5.90. The van der Waals surface area contributed by atoms with Gasteiger partial charge in [-0.2, -0.15) is 0 Å². The van der Waals surface area contributed by atoms with Crippen molar-refractivity contribution < 1.29 is 14.7 Å². The summed E-state index contributed by atoms with van der Waals surface area (Å²) in [6.07, 6.45) is 17.9. The van der Waals surface area contributed by atoms with Crippen LogP contribution in [0.3, 0.4) is 0 Å². The molecule has 0 unspecified atom stereocenters. The quantitative estimate of drug-likeness (QED) is 0.277. The van der Waals surface area contributed by atoms with E-state index in [0.717, 1.165) is 38.5 Å². The summed E-state index contributed by atoms with van der Waals surface area (Å²) in [5.74, 6) is -0.559. The van der Waals surface area contributed by atoms with E-state index >= 15 is 0 Å². The number of rotatable bonds is 14. The molecule has 0 aromatic rings. The first-order valence-electron chi connectivity index (χ1n) is 8.23. The number of hydrogen-bond donors (Lipinski definition) is 1. The number of carbonyl (C=O) groups is 2. The van der Waals surface area contributed by atoms with Crippen molar-refractivity contribution in [2.45, 2.75) is 77.6 Å². The van der Waals surface area contributed by atoms with Gasteiger partial charge in [-0.15, -0.1) is 0 Å². The molecule has 120 valence electrons. The average molecular weight is 294 g/mol. The number of carboxylic acids is 1. The van der Waals surface area contributed by atoms with E-state index in [4.69, 9.17) is 5.11 Å². The maximum absolute atomic E-state index is 11.5. The second kappa shape index (κ2) is 15.0. The van der Waals surface area contributed by atoms with Gasteiger partial charge in [0.1, 0.15) is 0 Å². The van der Waals surface area contributed by atoms with Gasteiger partial charge in [-0.3, -0.25) is 9.59 Å². The molecule has 21 heavy (non-hydrogen) atoms. The van der Waals surface area contributed by atoms with Crippen LogP contribution >= 0.6 is 0 Å². The topological polar surface area (TPSA) is 54.4 Å². The van der Waals surface area contributed by atoms with Gasteiger partial charge < -0.3 is 5.11 Å². The van der Waals surface area contributed by atoms with E-state index in [1.165, 1.54) is 19.3 Å². The summed E-state index contributed by atoms with van der Waals surface area (Å²) in [7, 11) is 0. The highest BCUT2D eigenvalue weighted by atomic mass is 16.4. The molecule has 0 aromatic heterocycles. The van der Waals surface area contributed by atoms with Crippen molar-refractivity contribution in [2.24, 2.45) is 0 Å². The molecule has 3 heteroatoms. The Labute approximate surface area is 129 Å². The standard InChI is InChI=1S/C18H30O3/c1-2-3-4-5-8-11-14-17(19)15-12-9-6-7-10-13-16-18(20)21/h8,11-12,15H,2-7,9-10,13-14,16H2,1H3,(H,20,21)/b11-8-,15-12+. The summed E-state index contributed by atoms with van der Waals surface area (Å²) in [5.41, 5.74) is 0. The van der Waals surface area contributed by atoms with Crippen molar-refractivity contribution in [3.05, 3.63) is 24.3 Å². The van der Waals surface area contributed by atoms with Crippen molar-refractivity contribution >= 4 is 11.8 Å². The van der Waals surface area contributed by atoms with Crippen LogP contribution in [-0.4, -0.2) is 16.9 Å². The van der Waals surface area contributed by atoms with Gasteiger partial charge in [0, 0.05) is 12.8 Å². The molecule has 0 aliphatic heterocycles. The van der Waals surface area contributed by atoms with E-state index in [0.29, 0.717) is 6.42 Å². The largest absolute Gasteiger partial charge is 0.481 e. The summed E-state index contributed by atoms with van der Waals surface area (Å²) >= 11 is 0. The molecule has 0 aromatic carbocycles. The third-order valence-electron chi connectivity index (χ3n) is 3.28. The summed E-state index contributed by atoms with van der Waals surface area (Å²) in [6.45, 7) is 2.18. The zero-order valence-corrected chi connectivity index (χ0v) is 13.4. The van der Waals surface area contributed by atoms with Gasteiger partial charge in [0.05, 0.1) is 0 Å². The Morgan fingerprint density at radius 3 is 2.24 bits per heavy atom. The van der Waals surface area contributed by atoms with E-state index in [9.17, 15) is 9.59 Å². The van der Waals surface area contributed by atoms with Gasteiger partial charge in [0.15, 0.2) is 5.78 Å². The lowest BCUT2D eigenvalue weighted by Crippen LogP contribution is -1.93. The van der Waals surface area contributed by atoms with Gasteiger partial charge in [-0.1, -0.05) is 50.8 Å². The van der Waals surface area contributed by atoms with Crippen molar-refractivity contribution in [1.29, 1.82) is 0 Å². The molecule has 3 nitrogen and oxygen atoms in total. The first-order valence-corrected chi connectivity index (χ1v) is 8.23. The lowest BCUT2D eigenvalue weighted by Gasteiger charge is -1.96. The minimum absolute atomic E-state index is 0.160. The fourth-order valence-corrected chi connectivity index (χ4v) is 2.00. The summed E-state index contributed by atoms with van der Waals surface area (Å²) in [6, 6.07) is 0. The zero-order valence-electron chi connectivity index (χ0n) is 13.4. The molecule has 0 atom stereocenters. The number of unbranched alkanes of at least 4 members (excludes halogenated alkanes) is 7. The van der Waals surface area contributed by atoms with Crippen LogP contribution in [0.2, 0.25) is 0 Å². The molecule has 0 bridgehead atoms. The Morgan fingerprint density at radius 1 is 0.857 bits per heavy atom. The van der Waals surface area contributed by atoms with Crippen LogP contribution in [0.4, 0.5) is 0 Å². The summed E-state index contributed by atoms with van der Waals surface area (Å²) < 4.78 is 0. The predicted molar refractivity (Wildman–Crippen MR) is 87.4 cm³/mol. The van der Waals surface area contributed by atoms with Crippen LogP contribution in [0.15, 0.2) is 24.3 Å². The smallest absolute Gasteiger partial charge is 0.303 e. The Balaban J connectivity index is 3.43. The Bertz CT molecular complexity index is 329. The number of carboxylic acid groups (broad SMARTS) is 1. The SMILES string of the molecule is CCCCC/C=C\CC(=O)/C=C/CCCCCCC(=O)O. The average Bonchev–Trinajstić information content (AvgIpc) is 2.45. The molecule has 0 aliphatic carbocycles. The van der Waals surface area contributed by atoms with Crippen LogP contribution < -0.4 is 0 Å². The van der Waals surface area contributed by atoms with Crippen LogP contribution in [0, 0.1) is 0 Å². The van der Waals surface area contributed by atoms with Crippen molar-refractivity contribution in [3.63, 3.8) is 0 Å². The molecule has 0 fully saturated rings. The molecular formula is C18H30O3. The number of carbonyl (C=O) groups excluding carboxylic acids is 1. The number of ketones is 1. The summed E-state index contributed by atoms with van der Waals surface area (Å²) in [5, 5.41) is 8.49. The minimum Gasteiger partial charge on any atom is -0.481 e. The summed E-state index contributed by atoms with van der Waals surface area (Å²) in [4.78, 5) is 21.9. The van der Waals surface area contributed by atoms with Gasteiger partial charge in [0.25, 0.3) is 0 Å². The highest BCUT2D eigenvalue weighted by Crippen LogP contribution is 2.06. The molecule has 0 aliphatic rings. The molecule has 0 radical (unpaired) electrons. The number of aliphatic carboxylic acids is 1. The van der Waals surface area contributed by atoms with Gasteiger partial charge in [-0.05, 0) is 38.2 Å². The maximum Gasteiger partial charge on any atom is 0.303 e. The minimum atomic E-state index is -0.719. The Hall–Kier alpha value is -1.38. The lowest BCUT2D eigenvalue weighted by molar-refractivity contribution is -0.137. The first kappa shape index (κ1) is 19.6. The third kappa shape index (κ3) is 16.6. The van der Waals surface area contributed by atoms with Gasteiger partial charge in [-0.25, -0.2) is 0 Å². The fourth-order valence-electron chi connectivity index (χ4n) is 2.00. The van der Waals surface area contributed by atoms with Crippen molar-refractivity contribution in [1.82, 2.24) is 0 Å². The van der Waals surface area contributed by atoms with Crippen molar-refractivity contribution in [2.75, 3.05) is 0 Å². The molecule has 0 heterocycles. The molecule has 0 spiro atoms. The molecule has 0 amide bonds. The van der Waals surface area contributed by atoms with E-state index < -0.39 is 5.97 Å². The molecule has 0 saturated carbocycles. The highest BCUT2D eigenvalue weighted by Gasteiger charge is 1.96. The Morgan fingerprint density at radius 2 is 1.52 bits per heavy atom. The second-order valence-corrected chi connectivity index (χ2v) is 5.39. The van der Waals surface area contributed by atoms with Crippen LogP contribution in [-0.2, 0) is 9.59 Å². The van der Waals surface area contributed by atoms with Crippen LogP contribution in [0.5, 0.6) is 0 Å². The molecule has 0 saturated heterocycles. The number of allylic oxidation sites excluding steroid dienone is 4. The zero-order chi connectivity index (χ0) is 15.8. The van der Waals surface area contributed by atoms with E-state index in [1.54, 1.807) is 6.08 Å².